The van der Waals surface area contributed by atoms with Crippen molar-refractivity contribution in [2.75, 3.05) is 5.32 Å². The van der Waals surface area contributed by atoms with Crippen LogP contribution in [0.15, 0.2) is 6.07 Å². The van der Waals surface area contributed by atoms with E-state index in [1.54, 1.807) is 0 Å². The van der Waals surface area contributed by atoms with Gasteiger partial charge in [0.2, 0.25) is 5.91 Å². The van der Waals surface area contributed by atoms with Crippen LogP contribution in [-0.2, 0) is 11.2 Å². The first-order valence-electron chi connectivity index (χ1n) is 5.69. The number of amides is 1. The third kappa shape index (κ3) is 1.71. The monoisotopic (exact) mass is 218 g/mol. The Morgan fingerprint density at radius 3 is 2.62 bits per heavy atom. The molecule has 3 N–H and O–H groups in total. The van der Waals surface area contributed by atoms with Gasteiger partial charge in [0.1, 0.15) is 0 Å². The maximum atomic E-state index is 11.4. The Bertz CT molecular complexity index is 450. The first-order chi connectivity index (χ1) is 7.50. The van der Waals surface area contributed by atoms with Crippen LogP contribution in [0.1, 0.15) is 41.6 Å². The molecule has 1 amide bonds. The molecule has 3 nitrogen and oxygen atoms in total. The van der Waals surface area contributed by atoms with Crippen molar-refractivity contribution < 1.29 is 4.79 Å². The van der Waals surface area contributed by atoms with E-state index >= 15 is 0 Å². The molecule has 0 fully saturated rings. The number of aryl methyl sites for hydroxylation is 1. The average Bonchev–Trinajstić information content (AvgIpc) is 2.23. The molecule has 16 heavy (non-hydrogen) atoms. The van der Waals surface area contributed by atoms with Crippen molar-refractivity contribution in [2.45, 2.75) is 39.7 Å². The Morgan fingerprint density at radius 2 is 2.00 bits per heavy atom. The zero-order valence-corrected chi connectivity index (χ0v) is 10.1. The van der Waals surface area contributed by atoms with Gasteiger partial charge >= 0.3 is 0 Å². The second kappa shape index (κ2) is 3.91. The van der Waals surface area contributed by atoms with Crippen LogP contribution in [0.2, 0.25) is 0 Å². The van der Waals surface area contributed by atoms with Crippen LogP contribution in [0, 0.1) is 13.8 Å². The molecule has 0 radical (unpaired) electrons. The summed E-state index contributed by atoms with van der Waals surface area (Å²) in [5, 5.41) is 2.96. The van der Waals surface area contributed by atoms with Gasteiger partial charge in [-0.05, 0) is 49.4 Å². The molecule has 1 aromatic rings. The summed E-state index contributed by atoms with van der Waals surface area (Å²) < 4.78 is 0. The Balaban J connectivity index is 2.58. The number of carbonyl (C=O) groups excluding carboxylic acids is 1. The summed E-state index contributed by atoms with van der Waals surface area (Å²) in [6.07, 6.45) is 1.40. The molecule has 0 aromatic heterocycles. The number of hydrogen-bond acceptors (Lipinski definition) is 2. The number of rotatable bonds is 1. The van der Waals surface area contributed by atoms with Gasteiger partial charge in [0.15, 0.2) is 0 Å². The smallest absolute Gasteiger partial charge is 0.224 e. The van der Waals surface area contributed by atoms with E-state index in [0.29, 0.717) is 6.42 Å². The molecule has 1 atom stereocenters. The van der Waals surface area contributed by atoms with E-state index in [0.717, 1.165) is 17.7 Å². The lowest BCUT2D eigenvalue weighted by molar-refractivity contribution is -0.116. The summed E-state index contributed by atoms with van der Waals surface area (Å²) in [4.78, 5) is 11.4. The van der Waals surface area contributed by atoms with Crippen LogP contribution in [0.5, 0.6) is 0 Å². The SMILES string of the molecule is Cc1c(C(C)N)cc2c(c1C)NC(=O)CC2. The van der Waals surface area contributed by atoms with E-state index in [4.69, 9.17) is 5.73 Å². The molecule has 2 rings (SSSR count). The largest absolute Gasteiger partial charge is 0.326 e. The molecule has 3 heteroatoms. The topological polar surface area (TPSA) is 55.1 Å². The molecule has 0 spiro atoms. The molecule has 1 aromatic carbocycles. The number of fused-ring (bicyclic) bond motifs is 1. The quantitative estimate of drug-likeness (QED) is 0.759. The van der Waals surface area contributed by atoms with Crippen LogP contribution in [-0.4, -0.2) is 5.91 Å². The van der Waals surface area contributed by atoms with Crippen LogP contribution in [0.25, 0.3) is 0 Å². The molecule has 1 aliphatic heterocycles. The lowest BCUT2D eigenvalue weighted by Crippen LogP contribution is -2.21. The molecular weight excluding hydrogens is 200 g/mol. The normalized spacial score (nSPS) is 16.6. The van der Waals surface area contributed by atoms with Crippen molar-refractivity contribution in [1.29, 1.82) is 0 Å². The van der Waals surface area contributed by atoms with Crippen molar-refractivity contribution in [1.82, 2.24) is 0 Å². The highest BCUT2D eigenvalue weighted by Gasteiger charge is 2.20. The average molecular weight is 218 g/mol. The molecule has 0 bridgehead atoms. The van der Waals surface area contributed by atoms with Gasteiger partial charge in [-0.3, -0.25) is 4.79 Å². The highest BCUT2D eigenvalue weighted by Crippen LogP contribution is 2.32. The first kappa shape index (κ1) is 11.1. The van der Waals surface area contributed by atoms with Crippen molar-refractivity contribution >= 4 is 11.6 Å². The predicted molar refractivity (Wildman–Crippen MR) is 65.5 cm³/mol. The van der Waals surface area contributed by atoms with Crippen molar-refractivity contribution in [3.63, 3.8) is 0 Å². The van der Waals surface area contributed by atoms with E-state index in [9.17, 15) is 4.79 Å². The van der Waals surface area contributed by atoms with Gasteiger partial charge in [-0.1, -0.05) is 6.07 Å². The Morgan fingerprint density at radius 1 is 1.31 bits per heavy atom. The lowest BCUT2D eigenvalue weighted by Gasteiger charge is -2.23. The lowest BCUT2D eigenvalue weighted by atomic mass is 9.90. The molecule has 1 aliphatic rings. The zero-order chi connectivity index (χ0) is 11.9. The molecule has 0 aliphatic carbocycles. The fraction of sp³-hybridized carbons (Fsp3) is 0.462. The molecule has 1 heterocycles. The van der Waals surface area contributed by atoms with Crippen molar-refractivity contribution in [3.8, 4) is 0 Å². The molecule has 86 valence electrons. The van der Waals surface area contributed by atoms with Crippen LogP contribution >= 0.6 is 0 Å². The van der Waals surface area contributed by atoms with Crippen LogP contribution < -0.4 is 11.1 Å². The second-order valence-electron chi connectivity index (χ2n) is 4.59. The number of nitrogens with one attached hydrogen (secondary N) is 1. The molecule has 1 unspecified atom stereocenters. The molecule has 0 saturated heterocycles. The zero-order valence-electron chi connectivity index (χ0n) is 10.1. The summed E-state index contributed by atoms with van der Waals surface area (Å²) in [6, 6.07) is 2.18. The van der Waals surface area contributed by atoms with E-state index in [-0.39, 0.29) is 11.9 Å². The van der Waals surface area contributed by atoms with Crippen LogP contribution in [0.4, 0.5) is 5.69 Å². The second-order valence-corrected chi connectivity index (χ2v) is 4.59. The van der Waals surface area contributed by atoms with Gasteiger partial charge in [0.05, 0.1) is 0 Å². The maximum absolute atomic E-state index is 11.4. The van der Waals surface area contributed by atoms with Gasteiger partial charge in [0, 0.05) is 18.2 Å². The highest BCUT2D eigenvalue weighted by atomic mass is 16.1. The third-order valence-electron chi connectivity index (χ3n) is 3.40. The van der Waals surface area contributed by atoms with Gasteiger partial charge < -0.3 is 11.1 Å². The highest BCUT2D eigenvalue weighted by molar-refractivity contribution is 5.95. The van der Waals surface area contributed by atoms with Crippen LogP contribution in [0.3, 0.4) is 0 Å². The standard InChI is InChI=1S/C13H18N2O/c1-7-8(2)13-10(4-5-12(16)15-13)6-11(7)9(3)14/h6,9H,4-5,14H2,1-3H3,(H,15,16). The van der Waals surface area contributed by atoms with E-state index in [1.165, 1.54) is 16.7 Å². The van der Waals surface area contributed by atoms with Gasteiger partial charge in [0.25, 0.3) is 0 Å². The van der Waals surface area contributed by atoms with E-state index in [2.05, 4.69) is 18.3 Å². The maximum Gasteiger partial charge on any atom is 0.224 e. The predicted octanol–water partition coefficient (Wildman–Crippen LogP) is 2.21. The Kier molecular flexibility index (Phi) is 2.72. The molecular formula is C13H18N2O. The Hall–Kier alpha value is -1.35. The molecule has 0 saturated carbocycles. The van der Waals surface area contributed by atoms with E-state index < -0.39 is 0 Å². The van der Waals surface area contributed by atoms with Gasteiger partial charge in [-0.15, -0.1) is 0 Å². The number of nitrogens with two attached hydrogens (primary N) is 1. The van der Waals surface area contributed by atoms with Crippen molar-refractivity contribution in [3.05, 3.63) is 28.3 Å². The minimum Gasteiger partial charge on any atom is -0.326 e. The van der Waals surface area contributed by atoms with Crippen molar-refractivity contribution in [2.24, 2.45) is 5.73 Å². The number of carbonyl (C=O) groups is 1. The fourth-order valence-corrected chi connectivity index (χ4v) is 2.31. The summed E-state index contributed by atoms with van der Waals surface area (Å²) in [5.41, 5.74) is 11.7. The Labute approximate surface area is 96.0 Å². The van der Waals surface area contributed by atoms with Gasteiger partial charge in [-0.25, -0.2) is 0 Å². The first-order valence-corrected chi connectivity index (χ1v) is 5.69. The third-order valence-corrected chi connectivity index (χ3v) is 3.40. The summed E-state index contributed by atoms with van der Waals surface area (Å²) in [5.74, 6) is 0.114. The number of benzene rings is 1. The van der Waals surface area contributed by atoms with Gasteiger partial charge in [-0.2, -0.15) is 0 Å². The number of hydrogen-bond donors (Lipinski definition) is 2. The summed E-state index contributed by atoms with van der Waals surface area (Å²) >= 11 is 0. The van der Waals surface area contributed by atoms with E-state index in [1.807, 2.05) is 13.8 Å². The number of anilines is 1. The minimum atomic E-state index is 0.0432. The minimum absolute atomic E-state index is 0.0432. The fourth-order valence-electron chi connectivity index (χ4n) is 2.31. The summed E-state index contributed by atoms with van der Waals surface area (Å²) in [7, 11) is 0. The summed E-state index contributed by atoms with van der Waals surface area (Å²) in [6.45, 7) is 6.11.